The van der Waals surface area contributed by atoms with Crippen LogP contribution >= 0.6 is 27.5 Å². The fourth-order valence-corrected chi connectivity index (χ4v) is 2.97. The Kier molecular flexibility index (Phi) is 3.18. The predicted octanol–water partition coefficient (Wildman–Crippen LogP) is 4.47. The van der Waals surface area contributed by atoms with Gasteiger partial charge in [-0.2, -0.15) is 0 Å². The van der Waals surface area contributed by atoms with Gasteiger partial charge in [0.05, 0.1) is 21.7 Å². The van der Waals surface area contributed by atoms with Crippen LogP contribution in [0.15, 0.2) is 34.8 Å². The van der Waals surface area contributed by atoms with E-state index in [2.05, 4.69) is 20.9 Å². The van der Waals surface area contributed by atoms with Gasteiger partial charge in [-0.25, -0.2) is 9.37 Å². The average Bonchev–Trinajstić information content (AvgIpc) is 2.66. The number of aromatic nitrogens is 2. The smallest absolute Gasteiger partial charge is 0.205 e. The second-order valence-electron chi connectivity index (χ2n) is 4.52. The fraction of sp³-hybridized carbons (Fsp3) is 0.0714. The van der Waals surface area contributed by atoms with Crippen molar-refractivity contribution in [3.05, 3.63) is 51.2 Å². The van der Waals surface area contributed by atoms with Crippen LogP contribution in [0.2, 0.25) is 5.02 Å². The molecule has 0 bridgehead atoms. The number of fused-ring (bicyclic) bond motifs is 1. The van der Waals surface area contributed by atoms with E-state index in [1.807, 2.05) is 25.1 Å². The molecule has 0 atom stereocenters. The van der Waals surface area contributed by atoms with Crippen LogP contribution in [0.25, 0.3) is 16.7 Å². The third kappa shape index (κ3) is 2.07. The Hall–Kier alpha value is -1.59. The molecule has 0 aliphatic heterocycles. The number of nitrogens with two attached hydrogens (primary N) is 1. The van der Waals surface area contributed by atoms with Crippen LogP contribution < -0.4 is 5.73 Å². The molecule has 0 fully saturated rings. The lowest BCUT2D eigenvalue weighted by atomic mass is 10.2. The van der Waals surface area contributed by atoms with Crippen LogP contribution in [0.4, 0.5) is 10.3 Å². The molecule has 2 aromatic carbocycles. The SMILES string of the molecule is Cc1ccc(-n2c(N)nc3cc(Cl)c(F)cc32)c(Br)c1. The Labute approximate surface area is 128 Å². The summed E-state index contributed by atoms with van der Waals surface area (Å²) in [6.07, 6.45) is 0. The second kappa shape index (κ2) is 4.75. The van der Waals surface area contributed by atoms with Crippen LogP contribution in [0, 0.1) is 12.7 Å². The van der Waals surface area contributed by atoms with Crippen molar-refractivity contribution >= 4 is 44.5 Å². The summed E-state index contributed by atoms with van der Waals surface area (Å²) in [5.74, 6) is -0.213. The summed E-state index contributed by atoms with van der Waals surface area (Å²) >= 11 is 9.27. The highest BCUT2D eigenvalue weighted by atomic mass is 79.9. The van der Waals surface area contributed by atoms with Gasteiger partial charge >= 0.3 is 0 Å². The third-order valence-corrected chi connectivity index (χ3v) is 3.99. The topological polar surface area (TPSA) is 43.8 Å². The van der Waals surface area contributed by atoms with Crippen molar-refractivity contribution in [2.45, 2.75) is 6.92 Å². The van der Waals surface area contributed by atoms with Crippen LogP contribution in [-0.4, -0.2) is 9.55 Å². The molecule has 102 valence electrons. The van der Waals surface area contributed by atoms with Crippen molar-refractivity contribution < 1.29 is 4.39 Å². The number of aryl methyl sites for hydroxylation is 1. The molecule has 0 radical (unpaired) electrons. The van der Waals surface area contributed by atoms with Gasteiger partial charge in [0.15, 0.2) is 0 Å². The van der Waals surface area contributed by atoms with E-state index in [9.17, 15) is 4.39 Å². The Balaban J connectivity index is 2.35. The average molecular weight is 355 g/mol. The quantitative estimate of drug-likeness (QED) is 0.700. The minimum Gasteiger partial charge on any atom is -0.369 e. The van der Waals surface area contributed by atoms with Crippen LogP contribution in [0.5, 0.6) is 0 Å². The molecule has 1 heterocycles. The fourth-order valence-electron chi connectivity index (χ4n) is 2.14. The van der Waals surface area contributed by atoms with E-state index < -0.39 is 5.82 Å². The molecule has 0 unspecified atom stereocenters. The van der Waals surface area contributed by atoms with E-state index in [1.165, 1.54) is 12.1 Å². The zero-order chi connectivity index (χ0) is 14.4. The largest absolute Gasteiger partial charge is 0.369 e. The van der Waals surface area contributed by atoms with E-state index in [4.69, 9.17) is 17.3 Å². The maximum absolute atomic E-state index is 13.7. The maximum atomic E-state index is 13.7. The zero-order valence-corrected chi connectivity index (χ0v) is 12.8. The van der Waals surface area contributed by atoms with Crippen molar-refractivity contribution in [3.63, 3.8) is 0 Å². The van der Waals surface area contributed by atoms with Crippen LogP contribution in [-0.2, 0) is 0 Å². The molecule has 0 aliphatic carbocycles. The van der Waals surface area contributed by atoms with Gasteiger partial charge in [0.1, 0.15) is 5.82 Å². The van der Waals surface area contributed by atoms with Gasteiger partial charge in [-0.3, -0.25) is 4.57 Å². The zero-order valence-electron chi connectivity index (χ0n) is 10.5. The summed E-state index contributed by atoms with van der Waals surface area (Å²) in [6, 6.07) is 8.64. The second-order valence-corrected chi connectivity index (χ2v) is 5.78. The van der Waals surface area contributed by atoms with E-state index >= 15 is 0 Å². The molecule has 20 heavy (non-hydrogen) atoms. The predicted molar refractivity (Wildman–Crippen MR) is 82.9 cm³/mol. The third-order valence-electron chi connectivity index (χ3n) is 3.07. The highest BCUT2D eigenvalue weighted by molar-refractivity contribution is 9.10. The van der Waals surface area contributed by atoms with E-state index in [1.54, 1.807) is 4.57 Å². The summed E-state index contributed by atoms with van der Waals surface area (Å²) < 4.78 is 16.2. The molecule has 0 aliphatic rings. The Bertz CT molecular complexity index is 829. The lowest BCUT2D eigenvalue weighted by molar-refractivity contribution is 0.629. The summed E-state index contributed by atoms with van der Waals surface area (Å²) in [4.78, 5) is 4.22. The van der Waals surface area contributed by atoms with Gasteiger partial charge in [0.25, 0.3) is 0 Å². The number of anilines is 1. The van der Waals surface area contributed by atoms with Crippen molar-refractivity contribution in [1.29, 1.82) is 0 Å². The van der Waals surface area contributed by atoms with Gasteiger partial charge in [-0.1, -0.05) is 17.7 Å². The van der Waals surface area contributed by atoms with Crippen molar-refractivity contribution in [3.8, 4) is 5.69 Å². The lowest BCUT2D eigenvalue weighted by Gasteiger charge is -2.10. The number of nitrogens with zero attached hydrogens (tertiary/aromatic N) is 2. The minimum absolute atomic E-state index is 0.0325. The van der Waals surface area contributed by atoms with Crippen molar-refractivity contribution in [1.82, 2.24) is 9.55 Å². The Morgan fingerprint density at radius 3 is 2.75 bits per heavy atom. The molecule has 3 rings (SSSR count). The highest BCUT2D eigenvalue weighted by Gasteiger charge is 2.15. The van der Waals surface area contributed by atoms with Crippen LogP contribution in [0.1, 0.15) is 5.56 Å². The molecule has 3 aromatic rings. The van der Waals surface area contributed by atoms with Gasteiger partial charge in [0, 0.05) is 10.5 Å². The van der Waals surface area contributed by atoms with Crippen LogP contribution in [0.3, 0.4) is 0 Å². The number of hydrogen-bond donors (Lipinski definition) is 1. The monoisotopic (exact) mass is 353 g/mol. The molecular weight excluding hydrogens is 345 g/mol. The first-order chi connectivity index (χ1) is 9.47. The highest BCUT2D eigenvalue weighted by Crippen LogP contribution is 2.31. The molecule has 0 spiro atoms. The minimum atomic E-state index is -0.497. The molecule has 0 amide bonds. The summed E-state index contributed by atoms with van der Waals surface area (Å²) in [7, 11) is 0. The Morgan fingerprint density at radius 1 is 1.30 bits per heavy atom. The lowest BCUT2D eigenvalue weighted by Crippen LogP contribution is -2.01. The number of hydrogen-bond acceptors (Lipinski definition) is 2. The first-order valence-electron chi connectivity index (χ1n) is 5.87. The van der Waals surface area contributed by atoms with E-state index in [0.29, 0.717) is 11.0 Å². The standard InChI is InChI=1S/C14H10BrClFN3/c1-7-2-3-12(8(15)4-7)20-13-6-10(17)9(16)5-11(13)19-14(20)18/h2-6H,1H3,(H2,18,19). The number of rotatable bonds is 1. The maximum Gasteiger partial charge on any atom is 0.205 e. The van der Waals surface area contributed by atoms with Crippen molar-refractivity contribution in [2.24, 2.45) is 0 Å². The summed E-state index contributed by atoms with van der Waals surface area (Å²) in [6.45, 7) is 1.99. The molecular formula is C14H10BrClFN3. The molecule has 3 nitrogen and oxygen atoms in total. The number of benzene rings is 2. The van der Waals surface area contributed by atoms with Gasteiger partial charge in [0.2, 0.25) is 5.95 Å². The molecule has 2 N–H and O–H groups in total. The first-order valence-corrected chi connectivity index (χ1v) is 7.04. The van der Waals surface area contributed by atoms with E-state index in [0.717, 1.165) is 15.7 Å². The Morgan fingerprint density at radius 2 is 2.05 bits per heavy atom. The molecule has 0 saturated heterocycles. The number of nitrogen functional groups attached to an aromatic ring is 1. The van der Waals surface area contributed by atoms with Crippen molar-refractivity contribution in [2.75, 3.05) is 5.73 Å². The normalized spacial score (nSPS) is 11.2. The summed E-state index contributed by atoms with van der Waals surface area (Å²) in [5.41, 5.74) is 9.00. The molecule has 1 aromatic heterocycles. The molecule has 0 saturated carbocycles. The number of halogens is 3. The van der Waals surface area contributed by atoms with Gasteiger partial charge in [-0.05, 0) is 46.6 Å². The van der Waals surface area contributed by atoms with Gasteiger partial charge in [-0.15, -0.1) is 0 Å². The van der Waals surface area contributed by atoms with Gasteiger partial charge < -0.3 is 5.73 Å². The van der Waals surface area contributed by atoms with E-state index in [-0.39, 0.29) is 11.0 Å². The number of imidazole rings is 1. The first kappa shape index (κ1) is 13.4. The molecule has 6 heteroatoms. The summed E-state index contributed by atoms with van der Waals surface area (Å²) in [5, 5.41) is 0.0325.